The van der Waals surface area contributed by atoms with Crippen molar-refractivity contribution in [1.29, 1.82) is 0 Å². The molecule has 0 fully saturated rings. The van der Waals surface area contributed by atoms with Gasteiger partial charge in [0.05, 0.1) is 7.11 Å². The van der Waals surface area contributed by atoms with E-state index in [-0.39, 0.29) is 5.41 Å². The van der Waals surface area contributed by atoms with Crippen molar-refractivity contribution in [3.05, 3.63) is 11.9 Å². The van der Waals surface area contributed by atoms with E-state index < -0.39 is 0 Å². The molecular weight excluding hydrogens is 226 g/mol. The van der Waals surface area contributed by atoms with E-state index in [0.717, 1.165) is 24.6 Å². The quantitative estimate of drug-likeness (QED) is 0.787. The van der Waals surface area contributed by atoms with Gasteiger partial charge in [-0.2, -0.15) is 4.98 Å². The Morgan fingerprint density at radius 1 is 1.22 bits per heavy atom. The fourth-order valence-electron chi connectivity index (χ4n) is 1.55. The minimum atomic E-state index is -0.0750. The minimum absolute atomic E-state index is 0.0750. The van der Waals surface area contributed by atoms with Gasteiger partial charge in [-0.25, -0.2) is 4.98 Å². The van der Waals surface area contributed by atoms with Crippen molar-refractivity contribution in [2.45, 2.75) is 52.4 Å². The molecule has 0 radical (unpaired) electrons. The smallest absolute Gasteiger partial charge is 0.218 e. The number of nitrogens with one attached hydrogen (secondary N) is 1. The summed E-state index contributed by atoms with van der Waals surface area (Å²) < 4.78 is 5.23. The van der Waals surface area contributed by atoms with Crippen LogP contribution in [0.2, 0.25) is 0 Å². The largest absolute Gasteiger partial charge is 0.481 e. The number of anilines is 1. The van der Waals surface area contributed by atoms with Crippen LogP contribution >= 0.6 is 0 Å². The molecule has 4 nitrogen and oxygen atoms in total. The highest BCUT2D eigenvalue weighted by molar-refractivity contribution is 5.39. The van der Waals surface area contributed by atoms with E-state index in [1.807, 2.05) is 6.07 Å². The topological polar surface area (TPSA) is 47.0 Å². The van der Waals surface area contributed by atoms with Gasteiger partial charge in [0.15, 0.2) is 0 Å². The van der Waals surface area contributed by atoms with Crippen LogP contribution in [0.4, 0.5) is 5.82 Å². The molecular formula is C14H25N3O. The van der Waals surface area contributed by atoms with Crippen LogP contribution in [-0.4, -0.2) is 23.6 Å². The molecule has 0 aliphatic rings. The maximum atomic E-state index is 5.23. The molecule has 0 aliphatic carbocycles. The summed E-state index contributed by atoms with van der Waals surface area (Å²) in [5.74, 6) is 2.27. The lowest BCUT2D eigenvalue weighted by atomic mass is 9.96. The highest BCUT2D eigenvalue weighted by Gasteiger charge is 2.19. The summed E-state index contributed by atoms with van der Waals surface area (Å²) in [6.45, 7) is 9.44. The third kappa shape index (κ3) is 4.51. The van der Waals surface area contributed by atoms with Gasteiger partial charge in [-0.05, 0) is 6.42 Å². The Balaban J connectivity index is 2.78. The molecule has 1 aromatic heterocycles. The van der Waals surface area contributed by atoms with Crippen molar-refractivity contribution in [2.24, 2.45) is 0 Å². The zero-order chi connectivity index (χ0) is 13.6. The Morgan fingerprint density at radius 3 is 2.50 bits per heavy atom. The van der Waals surface area contributed by atoms with Gasteiger partial charge >= 0.3 is 0 Å². The molecule has 102 valence electrons. The van der Waals surface area contributed by atoms with Crippen molar-refractivity contribution < 1.29 is 4.74 Å². The first-order valence-electron chi connectivity index (χ1n) is 6.64. The van der Waals surface area contributed by atoms with Crippen LogP contribution in [0.15, 0.2) is 6.07 Å². The summed E-state index contributed by atoms with van der Waals surface area (Å²) in [6, 6.07) is 1.85. The molecule has 1 rings (SSSR count). The summed E-state index contributed by atoms with van der Waals surface area (Å²) in [7, 11) is 1.63. The lowest BCUT2D eigenvalue weighted by Crippen LogP contribution is -2.18. The number of aromatic nitrogens is 2. The van der Waals surface area contributed by atoms with E-state index >= 15 is 0 Å². The predicted molar refractivity (Wildman–Crippen MR) is 75.3 cm³/mol. The monoisotopic (exact) mass is 251 g/mol. The van der Waals surface area contributed by atoms with Crippen LogP contribution < -0.4 is 10.1 Å². The van der Waals surface area contributed by atoms with Crippen molar-refractivity contribution in [1.82, 2.24) is 9.97 Å². The van der Waals surface area contributed by atoms with Gasteiger partial charge in [-0.1, -0.05) is 40.5 Å². The van der Waals surface area contributed by atoms with E-state index in [9.17, 15) is 0 Å². The number of hydrogen-bond donors (Lipinski definition) is 1. The van der Waals surface area contributed by atoms with Crippen molar-refractivity contribution >= 4 is 5.82 Å². The summed E-state index contributed by atoms with van der Waals surface area (Å²) in [6.07, 6.45) is 3.62. The van der Waals surface area contributed by atoms with Crippen molar-refractivity contribution in [3.63, 3.8) is 0 Å². The average molecular weight is 251 g/mol. The Hall–Kier alpha value is -1.32. The van der Waals surface area contributed by atoms with E-state index in [1.165, 1.54) is 12.8 Å². The first-order chi connectivity index (χ1) is 8.47. The van der Waals surface area contributed by atoms with Crippen LogP contribution in [0.3, 0.4) is 0 Å². The molecule has 0 bridgehead atoms. The van der Waals surface area contributed by atoms with Gasteiger partial charge < -0.3 is 10.1 Å². The molecule has 0 aliphatic heterocycles. The maximum Gasteiger partial charge on any atom is 0.218 e. The van der Waals surface area contributed by atoms with Crippen molar-refractivity contribution in [2.75, 3.05) is 19.0 Å². The SMILES string of the molecule is CCCCCNc1cc(OC)nc(C(C)(C)C)n1. The van der Waals surface area contributed by atoms with E-state index in [2.05, 4.69) is 43.0 Å². The second-order valence-corrected chi connectivity index (χ2v) is 5.50. The second-order valence-electron chi connectivity index (χ2n) is 5.50. The summed E-state index contributed by atoms with van der Waals surface area (Å²) in [4.78, 5) is 8.94. The van der Waals surface area contributed by atoms with Crippen molar-refractivity contribution in [3.8, 4) is 5.88 Å². The number of nitrogens with zero attached hydrogens (tertiary/aromatic N) is 2. The maximum absolute atomic E-state index is 5.23. The van der Waals surface area contributed by atoms with E-state index in [1.54, 1.807) is 7.11 Å². The van der Waals surface area contributed by atoms with Crippen LogP contribution in [0.25, 0.3) is 0 Å². The third-order valence-corrected chi connectivity index (χ3v) is 2.67. The first-order valence-corrected chi connectivity index (χ1v) is 6.64. The zero-order valence-electron chi connectivity index (χ0n) is 12.2. The molecule has 18 heavy (non-hydrogen) atoms. The molecule has 0 atom stereocenters. The van der Waals surface area contributed by atoms with Gasteiger partial charge in [0.2, 0.25) is 5.88 Å². The molecule has 0 unspecified atom stereocenters. The van der Waals surface area contributed by atoms with Gasteiger partial charge in [0.1, 0.15) is 11.6 Å². The van der Waals surface area contributed by atoms with Gasteiger partial charge in [0, 0.05) is 18.0 Å². The molecule has 0 saturated carbocycles. The molecule has 1 heterocycles. The third-order valence-electron chi connectivity index (χ3n) is 2.67. The van der Waals surface area contributed by atoms with Gasteiger partial charge in [0.25, 0.3) is 0 Å². The Kier molecular flexibility index (Phi) is 5.38. The first kappa shape index (κ1) is 14.7. The molecule has 0 aromatic carbocycles. The zero-order valence-corrected chi connectivity index (χ0v) is 12.2. The lowest BCUT2D eigenvalue weighted by molar-refractivity contribution is 0.389. The molecule has 0 saturated heterocycles. The molecule has 4 heteroatoms. The Bertz CT molecular complexity index is 372. The van der Waals surface area contributed by atoms with Crippen LogP contribution in [0.5, 0.6) is 5.88 Å². The number of rotatable bonds is 6. The van der Waals surface area contributed by atoms with Crippen LogP contribution in [-0.2, 0) is 5.41 Å². The van der Waals surface area contributed by atoms with E-state index in [4.69, 9.17) is 4.74 Å². The number of unbranched alkanes of at least 4 members (excludes halogenated alkanes) is 2. The fraction of sp³-hybridized carbons (Fsp3) is 0.714. The Labute approximate surface area is 110 Å². The van der Waals surface area contributed by atoms with E-state index in [0.29, 0.717) is 5.88 Å². The van der Waals surface area contributed by atoms with Gasteiger partial charge in [-0.3, -0.25) is 0 Å². The fourth-order valence-corrected chi connectivity index (χ4v) is 1.55. The summed E-state index contributed by atoms with van der Waals surface area (Å²) >= 11 is 0. The number of ether oxygens (including phenoxy) is 1. The summed E-state index contributed by atoms with van der Waals surface area (Å²) in [5.41, 5.74) is -0.0750. The highest BCUT2D eigenvalue weighted by atomic mass is 16.5. The predicted octanol–water partition coefficient (Wildman–Crippen LogP) is 3.38. The highest BCUT2D eigenvalue weighted by Crippen LogP contribution is 2.23. The number of hydrogen-bond acceptors (Lipinski definition) is 4. The average Bonchev–Trinajstić information content (AvgIpc) is 2.33. The second kappa shape index (κ2) is 6.57. The Morgan fingerprint density at radius 2 is 1.94 bits per heavy atom. The van der Waals surface area contributed by atoms with Crippen LogP contribution in [0.1, 0.15) is 52.8 Å². The lowest BCUT2D eigenvalue weighted by Gasteiger charge is -2.18. The molecule has 1 aromatic rings. The molecule has 1 N–H and O–H groups in total. The van der Waals surface area contributed by atoms with Crippen LogP contribution in [0, 0.1) is 0 Å². The minimum Gasteiger partial charge on any atom is -0.481 e. The normalized spacial score (nSPS) is 11.4. The molecule has 0 amide bonds. The summed E-state index contributed by atoms with van der Waals surface area (Å²) in [5, 5.41) is 3.34. The molecule has 0 spiro atoms. The van der Waals surface area contributed by atoms with Gasteiger partial charge in [-0.15, -0.1) is 0 Å². The number of methoxy groups -OCH3 is 1. The standard InChI is InChI=1S/C14H25N3O/c1-6-7-8-9-15-11-10-12(18-5)17-13(16-11)14(2,3)4/h10H,6-9H2,1-5H3,(H,15,16,17).